The van der Waals surface area contributed by atoms with Crippen LogP contribution < -0.4 is 0 Å². The molecule has 1 fully saturated rings. The molecule has 1 unspecified atom stereocenters. The quantitative estimate of drug-likeness (QED) is 0.523. The van der Waals surface area contributed by atoms with Gasteiger partial charge in [0.05, 0.1) is 6.10 Å². The summed E-state index contributed by atoms with van der Waals surface area (Å²) >= 11 is 0. The molecule has 1 atom stereocenters. The Balaban J connectivity index is 2.41. The normalized spacial score (nSPS) is 33.3. The third-order valence-electron chi connectivity index (χ3n) is 1.92. The molecule has 1 saturated carbocycles. The zero-order chi connectivity index (χ0) is 7.61. The van der Waals surface area contributed by atoms with Gasteiger partial charge in [-0.25, -0.2) is 8.78 Å². The monoisotopic (exact) mass is 150 g/mol. The highest BCUT2D eigenvalue weighted by Crippen LogP contribution is 2.31. The minimum absolute atomic E-state index is 0.0515. The van der Waals surface area contributed by atoms with Gasteiger partial charge in [-0.2, -0.15) is 0 Å². The molecular weight excluding hydrogens is 138 g/mol. The lowest BCUT2D eigenvalue weighted by atomic mass is 10.1. The van der Waals surface area contributed by atoms with Gasteiger partial charge in [0.1, 0.15) is 0 Å². The molecule has 0 spiro atoms. The molecule has 0 aliphatic heterocycles. The van der Waals surface area contributed by atoms with Crippen molar-refractivity contribution in [1.29, 1.82) is 0 Å². The Morgan fingerprint density at radius 1 is 1.20 bits per heavy atom. The Morgan fingerprint density at radius 3 is 2.60 bits per heavy atom. The highest BCUT2D eigenvalue weighted by atomic mass is 19.3. The molecule has 0 amide bonds. The number of aliphatic hydroxyl groups excluding tert-OH is 1. The van der Waals surface area contributed by atoms with E-state index < -0.39 is 12.0 Å². The standard InChI is InChI=1S/C7H12F2O/c8-7(9)4-1-2-6(10)3-5-7/h6,10H,1-5H2. The molecule has 3 heteroatoms. The number of hydrogen-bond donors (Lipinski definition) is 1. The zero-order valence-electron chi connectivity index (χ0n) is 5.82. The van der Waals surface area contributed by atoms with E-state index in [1.165, 1.54) is 0 Å². The lowest BCUT2D eigenvalue weighted by Gasteiger charge is -2.11. The van der Waals surface area contributed by atoms with E-state index in [0.29, 0.717) is 12.8 Å². The number of rotatable bonds is 0. The van der Waals surface area contributed by atoms with E-state index in [0.717, 1.165) is 0 Å². The fraction of sp³-hybridized carbons (Fsp3) is 1.00. The van der Waals surface area contributed by atoms with Crippen LogP contribution in [0.1, 0.15) is 32.1 Å². The molecule has 1 N–H and O–H groups in total. The molecule has 0 saturated heterocycles. The lowest BCUT2D eigenvalue weighted by molar-refractivity contribution is -0.0169. The summed E-state index contributed by atoms with van der Waals surface area (Å²) in [5.41, 5.74) is 0. The number of aliphatic hydroxyl groups is 1. The van der Waals surface area contributed by atoms with Gasteiger partial charge in [-0.1, -0.05) is 0 Å². The molecule has 0 radical (unpaired) electrons. The first-order valence-electron chi connectivity index (χ1n) is 3.66. The van der Waals surface area contributed by atoms with Gasteiger partial charge in [0.2, 0.25) is 5.92 Å². The Morgan fingerprint density at radius 2 is 1.90 bits per heavy atom. The maximum atomic E-state index is 12.5. The van der Waals surface area contributed by atoms with Gasteiger partial charge in [-0.15, -0.1) is 0 Å². The van der Waals surface area contributed by atoms with E-state index in [2.05, 4.69) is 0 Å². The number of halogens is 2. The molecule has 0 bridgehead atoms. The molecule has 0 aromatic rings. The number of alkyl halides is 2. The molecule has 0 aromatic heterocycles. The van der Waals surface area contributed by atoms with Gasteiger partial charge in [0, 0.05) is 12.8 Å². The van der Waals surface area contributed by atoms with Crippen LogP contribution in [0.15, 0.2) is 0 Å². The maximum absolute atomic E-state index is 12.5. The molecule has 1 nitrogen and oxygen atoms in total. The van der Waals surface area contributed by atoms with Gasteiger partial charge < -0.3 is 5.11 Å². The van der Waals surface area contributed by atoms with Gasteiger partial charge in [0.25, 0.3) is 0 Å². The lowest BCUT2D eigenvalue weighted by Crippen LogP contribution is -2.14. The minimum atomic E-state index is -2.52. The van der Waals surface area contributed by atoms with Crippen molar-refractivity contribution < 1.29 is 13.9 Å². The summed E-state index contributed by atoms with van der Waals surface area (Å²) in [4.78, 5) is 0. The molecule has 1 rings (SSSR count). The Kier molecular flexibility index (Phi) is 2.24. The molecular formula is C7H12F2O. The van der Waals surface area contributed by atoms with E-state index in [9.17, 15) is 8.78 Å². The average molecular weight is 150 g/mol. The molecule has 0 aromatic carbocycles. The van der Waals surface area contributed by atoms with Crippen molar-refractivity contribution in [2.75, 3.05) is 0 Å². The SMILES string of the molecule is OC1CCCC(F)(F)CC1. The minimum Gasteiger partial charge on any atom is -0.393 e. The smallest absolute Gasteiger partial charge is 0.248 e. The summed E-state index contributed by atoms with van der Waals surface area (Å²) in [6.45, 7) is 0. The third kappa shape index (κ3) is 2.21. The topological polar surface area (TPSA) is 20.2 Å². The van der Waals surface area contributed by atoms with Crippen molar-refractivity contribution in [3.63, 3.8) is 0 Å². The number of hydrogen-bond acceptors (Lipinski definition) is 1. The second-order valence-corrected chi connectivity index (χ2v) is 2.94. The van der Waals surface area contributed by atoms with Crippen LogP contribution in [0.5, 0.6) is 0 Å². The van der Waals surface area contributed by atoms with Crippen molar-refractivity contribution >= 4 is 0 Å². The Labute approximate surface area is 59.0 Å². The summed E-state index contributed by atoms with van der Waals surface area (Å²) in [6, 6.07) is 0. The van der Waals surface area contributed by atoms with Crippen LogP contribution in [0, 0.1) is 0 Å². The Bertz CT molecular complexity index is 114. The van der Waals surface area contributed by atoms with E-state index in [1.54, 1.807) is 0 Å². The van der Waals surface area contributed by atoms with Crippen LogP contribution in [0.3, 0.4) is 0 Å². The average Bonchev–Trinajstić information content (AvgIpc) is 1.94. The van der Waals surface area contributed by atoms with Crippen molar-refractivity contribution in [2.45, 2.75) is 44.1 Å². The van der Waals surface area contributed by atoms with Crippen molar-refractivity contribution in [1.82, 2.24) is 0 Å². The summed E-state index contributed by atoms with van der Waals surface area (Å²) in [5, 5.41) is 8.99. The molecule has 1 aliphatic carbocycles. The van der Waals surface area contributed by atoms with Crippen LogP contribution >= 0.6 is 0 Å². The summed E-state index contributed by atoms with van der Waals surface area (Å²) in [5.74, 6) is -2.52. The van der Waals surface area contributed by atoms with E-state index in [-0.39, 0.29) is 19.3 Å². The molecule has 0 heterocycles. The first-order valence-corrected chi connectivity index (χ1v) is 3.66. The van der Waals surface area contributed by atoms with Crippen molar-refractivity contribution in [2.24, 2.45) is 0 Å². The highest BCUT2D eigenvalue weighted by molar-refractivity contribution is 4.73. The fourth-order valence-corrected chi connectivity index (χ4v) is 1.24. The van der Waals surface area contributed by atoms with E-state index in [1.807, 2.05) is 0 Å². The summed E-state index contributed by atoms with van der Waals surface area (Å²) < 4.78 is 25.1. The fourth-order valence-electron chi connectivity index (χ4n) is 1.24. The van der Waals surface area contributed by atoms with Crippen molar-refractivity contribution in [3.05, 3.63) is 0 Å². The first kappa shape index (κ1) is 7.92. The molecule has 60 valence electrons. The predicted molar refractivity (Wildman–Crippen MR) is 34.0 cm³/mol. The maximum Gasteiger partial charge on any atom is 0.248 e. The van der Waals surface area contributed by atoms with E-state index >= 15 is 0 Å². The summed E-state index contributed by atoms with van der Waals surface area (Å²) in [7, 11) is 0. The summed E-state index contributed by atoms with van der Waals surface area (Å²) in [6.07, 6.45) is 0.558. The van der Waals surface area contributed by atoms with Crippen molar-refractivity contribution in [3.8, 4) is 0 Å². The second-order valence-electron chi connectivity index (χ2n) is 2.94. The van der Waals surface area contributed by atoms with Crippen LogP contribution in [-0.4, -0.2) is 17.1 Å². The largest absolute Gasteiger partial charge is 0.393 e. The van der Waals surface area contributed by atoms with Gasteiger partial charge in [-0.05, 0) is 19.3 Å². The van der Waals surface area contributed by atoms with Gasteiger partial charge in [0.15, 0.2) is 0 Å². The van der Waals surface area contributed by atoms with Crippen LogP contribution in [0.2, 0.25) is 0 Å². The van der Waals surface area contributed by atoms with Crippen LogP contribution in [0.25, 0.3) is 0 Å². The molecule has 10 heavy (non-hydrogen) atoms. The van der Waals surface area contributed by atoms with Gasteiger partial charge >= 0.3 is 0 Å². The zero-order valence-corrected chi connectivity index (χ0v) is 5.82. The predicted octanol–water partition coefficient (Wildman–Crippen LogP) is 1.95. The highest BCUT2D eigenvalue weighted by Gasteiger charge is 2.31. The van der Waals surface area contributed by atoms with Crippen LogP contribution in [0.4, 0.5) is 8.78 Å². The Hall–Kier alpha value is -0.180. The first-order chi connectivity index (χ1) is 4.60. The van der Waals surface area contributed by atoms with Crippen LogP contribution in [-0.2, 0) is 0 Å². The molecule has 1 aliphatic rings. The van der Waals surface area contributed by atoms with E-state index in [4.69, 9.17) is 5.11 Å². The van der Waals surface area contributed by atoms with Gasteiger partial charge in [-0.3, -0.25) is 0 Å². The second kappa shape index (κ2) is 2.82. The third-order valence-corrected chi connectivity index (χ3v) is 1.92.